The molecule has 7 nitrogen and oxygen atoms in total. The fourth-order valence-corrected chi connectivity index (χ4v) is 6.30. The average Bonchev–Trinajstić information content (AvgIpc) is 2.90. The first-order valence-corrected chi connectivity index (χ1v) is 14.8. The number of rotatable bonds is 7. The van der Waals surface area contributed by atoms with E-state index >= 15 is 0 Å². The molecule has 210 valence electrons. The number of halogens is 4. The number of nitrogens with one attached hydrogen (secondary N) is 1. The summed E-state index contributed by atoms with van der Waals surface area (Å²) >= 11 is 17.2. The van der Waals surface area contributed by atoms with Gasteiger partial charge in [0.2, 0.25) is 10.0 Å². The first kappa shape index (κ1) is 29.7. The molecule has 0 radical (unpaired) electrons. The van der Waals surface area contributed by atoms with E-state index in [1.807, 2.05) is 36.9 Å². The summed E-state index contributed by atoms with van der Waals surface area (Å²) in [6, 6.07) is 14.8. The van der Waals surface area contributed by atoms with Crippen molar-refractivity contribution in [2.45, 2.75) is 28.0 Å². The molecule has 3 aromatic carbocycles. The predicted molar refractivity (Wildman–Crippen MR) is 154 cm³/mol. The number of hydrogen-bond acceptors (Lipinski definition) is 5. The second-order valence-electron chi connectivity index (χ2n) is 9.99. The van der Waals surface area contributed by atoms with Gasteiger partial charge in [0.15, 0.2) is 0 Å². The Balaban J connectivity index is 1.53. The third kappa shape index (κ3) is 6.55. The molecule has 1 heterocycles. The van der Waals surface area contributed by atoms with Gasteiger partial charge in [0.25, 0.3) is 9.70 Å². The van der Waals surface area contributed by atoms with Gasteiger partial charge < -0.3 is 14.5 Å². The highest BCUT2D eigenvalue weighted by atomic mass is 35.6. The molecular formula is C27H29Cl3FN3O4S. The van der Waals surface area contributed by atoms with Crippen LogP contribution in [0.15, 0.2) is 59.5 Å². The predicted octanol–water partition coefficient (Wildman–Crippen LogP) is 5.26. The minimum absolute atomic E-state index is 0.0777. The summed E-state index contributed by atoms with van der Waals surface area (Å²) in [5.74, 6) is -0.427. The van der Waals surface area contributed by atoms with Crippen molar-refractivity contribution in [1.82, 2.24) is 9.62 Å². The highest BCUT2D eigenvalue weighted by molar-refractivity contribution is 7.89. The fraction of sp³-hybridized carbons (Fsp3) is 0.370. The number of amides is 1. The van der Waals surface area contributed by atoms with Gasteiger partial charge in [-0.05, 0) is 46.7 Å². The van der Waals surface area contributed by atoms with Crippen LogP contribution >= 0.6 is 34.8 Å². The molecule has 1 aliphatic rings. The molecule has 0 spiro atoms. The number of benzene rings is 3. The van der Waals surface area contributed by atoms with Crippen LogP contribution in [0.25, 0.3) is 10.8 Å². The zero-order chi connectivity index (χ0) is 28.6. The first-order valence-electron chi connectivity index (χ1n) is 12.2. The Morgan fingerprint density at radius 2 is 1.72 bits per heavy atom. The number of methoxy groups -OCH3 is 1. The Kier molecular flexibility index (Phi) is 8.59. The van der Waals surface area contributed by atoms with E-state index in [1.54, 1.807) is 18.2 Å². The molecule has 0 saturated carbocycles. The van der Waals surface area contributed by atoms with E-state index in [0.717, 1.165) is 16.3 Å². The van der Waals surface area contributed by atoms with Crippen molar-refractivity contribution >= 4 is 67.2 Å². The number of hydrogen-bond donors (Lipinski definition) is 1. The van der Waals surface area contributed by atoms with Gasteiger partial charge in [-0.2, -0.15) is 0 Å². The summed E-state index contributed by atoms with van der Waals surface area (Å²) in [6.45, 7) is 5.38. The lowest BCUT2D eigenvalue weighted by molar-refractivity contribution is -0.130. The molecule has 3 aromatic rings. The Morgan fingerprint density at radius 1 is 1.03 bits per heavy atom. The lowest BCUT2D eigenvalue weighted by Crippen LogP contribution is -2.51. The lowest BCUT2D eigenvalue weighted by atomic mass is 9.82. The molecule has 0 unspecified atom stereocenters. The number of ether oxygens (including phenoxy) is 1. The molecule has 4 rings (SSSR count). The van der Waals surface area contributed by atoms with Crippen molar-refractivity contribution in [2.75, 3.05) is 44.7 Å². The zero-order valence-electron chi connectivity index (χ0n) is 21.7. The molecule has 1 fully saturated rings. The summed E-state index contributed by atoms with van der Waals surface area (Å²) in [7, 11) is -2.39. The Morgan fingerprint density at radius 3 is 2.36 bits per heavy atom. The molecule has 0 aliphatic carbocycles. The molecule has 0 aromatic heterocycles. The number of carbonyl (C=O) groups is 1. The van der Waals surface area contributed by atoms with Crippen molar-refractivity contribution in [3.05, 3.63) is 66.0 Å². The smallest absolute Gasteiger partial charge is 0.274 e. The standard InChI is InChI=1S/C27H29Cl3FN3O4S/c1-26(2,22-6-4-5-18-15-19(31)7-9-21(18)22)17-32-39(36,37)20-8-10-24(38-3)23(16-20)33-11-13-34(14-12-33)25(35)27(28,29)30/h4-10,15-16,32H,11-14,17H2,1-3H3. The molecule has 0 atom stereocenters. The van der Waals surface area contributed by atoms with Crippen LogP contribution in [0.2, 0.25) is 0 Å². The van der Waals surface area contributed by atoms with Gasteiger partial charge in [-0.15, -0.1) is 0 Å². The second-order valence-corrected chi connectivity index (χ2v) is 14.0. The lowest BCUT2D eigenvalue weighted by Gasteiger charge is -2.37. The van der Waals surface area contributed by atoms with E-state index in [9.17, 15) is 17.6 Å². The summed E-state index contributed by atoms with van der Waals surface area (Å²) in [5.41, 5.74) is 0.891. The maximum Gasteiger partial charge on any atom is 0.274 e. The molecule has 1 aliphatic heterocycles. The number of sulfonamides is 1. The van der Waals surface area contributed by atoms with Crippen LogP contribution in [-0.2, 0) is 20.2 Å². The van der Waals surface area contributed by atoms with Crippen molar-refractivity contribution in [3.63, 3.8) is 0 Å². The molecule has 1 N–H and O–H groups in total. The van der Waals surface area contributed by atoms with Crippen LogP contribution in [0.4, 0.5) is 10.1 Å². The summed E-state index contributed by atoms with van der Waals surface area (Å²) < 4.78 is 46.7. The van der Waals surface area contributed by atoms with E-state index in [-0.39, 0.29) is 17.3 Å². The van der Waals surface area contributed by atoms with Crippen LogP contribution in [0, 0.1) is 5.82 Å². The number of alkyl halides is 3. The Hall–Kier alpha value is -2.30. The van der Waals surface area contributed by atoms with Gasteiger partial charge in [0.1, 0.15) is 11.6 Å². The number of anilines is 1. The quantitative estimate of drug-likeness (QED) is 0.367. The van der Waals surface area contributed by atoms with Gasteiger partial charge in [0, 0.05) is 38.1 Å². The van der Waals surface area contributed by atoms with Gasteiger partial charge in [0.05, 0.1) is 17.7 Å². The van der Waals surface area contributed by atoms with Crippen molar-refractivity contribution in [3.8, 4) is 5.75 Å². The van der Waals surface area contributed by atoms with Crippen molar-refractivity contribution < 1.29 is 22.3 Å². The molecule has 39 heavy (non-hydrogen) atoms. The average molecular weight is 617 g/mol. The fourth-order valence-electron chi connectivity index (χ4n) is 4.71. The normalized spacial score (nSPS) is 15.1. The van der Waals surface area contributed by atoms with Gasteiger partial charge >= 0.3 is 0 Å². The Labute approximate surface area is 242 Å². The first-order chi connectivity index (χ1) is 18.2. The summed E-state index contributed by atoms with van der Waals surface area (Å²) in [5, 5.41) is 1.61. The van der Waals surface area contributed by atoms with E-state index in [0.29, 0.717) is 37.6 Å². The third-order valence-corrected chi connectivity index (χ3v) is 8.77. The van der Waals surface area contributed by atoms with Crippen LogP contribution in [0.5, 0.6) is 5.75 Å². The minimum Gasteiger partial charge on any atom is -0.495 e. The van der Waals surface area contributed by atoms with E-state index in [1.165, 1.54) is 30.2 Å². The summed E-state index contributed by atoms with van der Waals surface area (Å²) in [6.07, 6.45) is 0. The number of piperazine rings is 1. The van der Waals surface area contributed by atoms with Crippen LogP contribution in [0.1, 0.15) is 19.4 Å². The van der Waals surface area contributed by atoms with E-state index in [4.69, 9.17) is 39.5 Å². The molecule has 1 saturated heterocycles. The molecule has 1 amide bonds. The second kappa shape index (κ2) is 11.3. The highest BCUT2D eigenvalue weighted by Crippen LogP contribution is 2.34. The maximum absolute atomic E-state index is 13.7. The van der Waals surface area contributed by atoms with Crippen LogP contribution < -0.4 is 14.4 Å². The van der Waals surface area contributed by atoms with E-state index < -0.39 is 25.1 Å². The van der Waals surface area contributed by atoms with Crippen molar-refractivity contribution in [2.24, 2.45) is 0 Å². The third-order valence-electron chi connectivity index (χ3n) is 6.89. The van der Waals surface area contributed by atoms with E-state index in [2.05, 4.69) is 4.72 Å². The zero-order valence-corrected chi connectivity index (χ0v) is 24.8. The van der Waals surface area contributed by atoms with Crippen LogP contribution in [0.3, 0.4) is 0 Å². The number of fused-ring (bicyclic) bond motifs is 1. The highest BCUT2D eigenvalue weighted by Gasteiger charge is 2.37. The Bertz CT molecular complexity index is 1490. The van der Waals surface area contributed by atoms with Crippen molar-refractivity contribution in [1.29, 1.82) is 0 Å². The molecular weight excluding hydrogens is 588 g/mol. The topological polar surface area (TPSA) is 79.0 Å². The monoisotopic (exact) mass is 615 g/mol. The van der Waals surface area contributed by atoms with Crippen LogP contribution in [-0.4, -0.2) is 62.9 Å². The molecule has 0 bridgehead atoms. The number of carbonyl (C=O) groups excluding carboxylic acids is 1. The molecule has 12 heteroatoms. The minimum atomic E-state index is -3.90. The summed E-state index contributed by atoms with van der Waals surface area (Å²) in [4.78, 5) is 15.8. The number of nitrogens with zero attached hydrogens (tertiary/aromatic N) is 2. The largest absolute Gasteiger partial charge is 0.495 e. The maximum atomic E-state index is 13.7. The SMILES string of the molecule is COc1ccc(S(=O)(=O)NCC(C)(C)c2cccc3cc(F)ccc23)cc1N1CCN(C(=O)C(Cl)(Cl)Cl)CC1. The van der Waals surface area contributed by atoms with Gasteiger partial charge in [-0.25, -0.2) is 17.5 Å². The van der Waals surface area contributed by atoms with Gasteiger partial charge in [-0.3, -0.25) is 4.79 Å². The van der Waals surface area contributed by atoms with Gasteiger partial charge in [-0.1, -0.05) is 72.9 Å².